The predicted molar refractivity (Wildman–Crippen MR) is 80.0 cm³/mol. The number of fused-ring (bicyclic) bond motifs is 1. The summed E-state index contributed by atoms with van der Waals surface area (Å²) in [5.74, 6) is 0.110. The molecule has 0 bridgehead atoms. The van der Waals surface area contributed by atoms with Gasteiger partial charge >= 0.3 is 0 Å². The highest BCUT2D eigenvalue weighted by Crippen LogP contribution is 2.36. The van der Waals surface area contributed by atoms with E-state index in [2.05, 4.69) is 23.5 Å². The first-order valence-corrected chi connectivity index (χ1v) is 7.87. The lowest BCUT2D eigenvalue weighted by Gasteiger charge is -2.35. The fourth-order valence-electron chi connectivity index (χ4n) is 2.94. The molecule has 1 atom stereocenters. The number of hydrogen-bond donors (Lipinski definition) is 0. The number of nitrogens with zero attached hydrogens (tertiary/aromatic N) is 3. The Kier molecular flexibility index (Phi) is 3.38. The van der Waals surface area contributed by atoms with E-state index in [1.54, 1.807) is 22.2 Å². The Morgan fingerprint density at radius 3 is 3.00 bits per heavy atom. The summed E-state index contributed by atoms with van der Waals surface area (Å²) in [6, 6.07) is 2.38. The van der Waals surface area contributed by atoms with E-state index in [1.165, 1.54) is 10.4 Å². The molecule has 4 nitrogen and oxygen atoms in total. The lowest BCUT2D eigenvalue weighted by Crippen LogP contribution is -2.39. The molecule has 0 fully saturated rings. The monoisotopic (exact) mass is 289 g/mol. The summed E-state index contributed by atoms with van der Waals surface area (Å²) in [7, 11) is 1.87. The van der Waals surface area contributed by atoms with Crippen molar-refractivity contribution in [1.29, 1.82) is 0 Å². The van der Waals surface area contributed by atoms with Crippen molar-refractivity contribution in [1.82, 2.24) is 14.7 Å². The van der Waals surface area contributed by atoms with Crippen LogP contribution < -0.4 is 0 Å². The van der Waals surface area contributed by atoms with Crippen LogP contribution in [0.2, 0.25) is 0 Å². The number of hydrogen-bond acceptors (Lipinski definition) is 3. The molecule has 0 aromatic carbocycles. The molecule has 3 heterocycles. The highest BCUT2D eigenvalue weighted by atomic mass is 32.1. The molecule has 20 heavy (non-hydrogen) atoms. The van der Waals surface area contributed by atoms with Crippen molar-refractivity contribution in [2.45, 2.75) is 32.7 Å². The van der Waals surface area contributed by atoms with Gasteiger partial charge in [0.2, 0.25) is 0 Å². The Labute approximate surface area is 123 Å². The average molecular weight is 289 g/mol. The molecular weight excluding hydrogens is 270 g/mol. The summed E-state index contributed by atoms with van der Waals surface area (Å²) in [6.45, 7) is 4.90. The Hall–Kier alpha value is -1.62. The van der Waals surface area contributed by atoms with E-state index >= 15 is 0 Å². The number of carbonyl (C=O) groups is 1. The molecule has 2 aromatic rings. The van der Waals surface area contributed by atoms with Gasteiger partial charge in [-0.2, -0.15) is 5.10 Å². The highest BCUT2D eigenvalue weighted by Gasteiger charge is 2.32. The highest BCUT2D eigenvalue weighted by molar-refractivity contribution is 7.10. The second kappa shape index (κ2) is 5.05. The van der Waals surface area contributed by atoms with Gasteiger partial charge in [-0.25, -0.2) is 0 Å². The number of amides is 1. The summed E-state index contributed by atoms with van der Waals surface area (Å²) in [6.07, 6.45) is 3.61. The smallest absolute Gasteiger partial charge is 0.257 e. The van der Waals surface area contributed by atoms with E-state index in [0.29, 0.717) is 0 Å². The van der Waals surface area contributed by atoms with Crippen molar-refractivity contribution < 1.29 is 4.79 Å². The first-order valence-electron chi connectivity index (χ1n) is 6.99. The second-order valence-corrected chi connectivity index (χ2v) is 6.24. The number of rotatable bonds is 2. The summed E-state index contributed by atoms with van der Waals surface area (Å²) in [5.41, 5.74) is 2.99. The molecule has 1 aliphatic heterocycles. The molecule has 0 N–H and O–H groups in total. The van der Waals surface area contributed by atoms with Crippen molar-refractivity contribution in [3.05, 3.63) is 39.3 Å². The fourth-order valence-corrected chi connectivity index (χ4v) is 3.87. The topological polar surface area (TPSA) is 38.1 Å². The van der Waals surface area contributed by atoms with Gasteiger partial charge in [-0.3, -0.25) is 9.48 Å². The van der Waals surface area contributed by atoms with Crippen LogP contribution in [0.1, 0.15) is 45.9 Å². The summed E-state index contributed by atoms with van der Waals surface area (Å²) in [5, 5.41) is 6.32. The number of aryl methyl sites for hydroxylation is 1. The van der Waals surface area contributed by atoms with Crippen LogP contribution in [0.4, 0.5) is 0 Å². The Morgan fingerprint density at radius 2 is 2.35 bits per heavy atom. The van der Waals surface area contributed by atoms with Gasteiger partial charge in [0.25, 0.3) is 5.91 Å². The van der Waals surface area contributed by atoms with Crippen LogP contribution in [0.5, 0.6) is 0 Å². The van der Waals surface area contributed by atoms with Crippen LogP contribution in [0, 0.1) is 6.92 Å². The molecule has 0 spiro atoms. The Bertz CT molecular complexity index is 643. The van der Waals surface area contributed by atoms with Crippen LogP contribution in [0.25, 0.3) is 0 Å². The van der Waals surface area contributed by atoms with Crippen LogP contribution in [-0.4, -0.2) is 27.1 Å². The standard InChI is InChI=1S/C15H19N3OS/c1-4-13-11-6-8-20-14(11)5-7-18(13)15(19)12-9-16-17(3)10(12)2/h6,8-9,13H,4-5,7H2,1-3H3/t13-/m0/s1. The zero-order valence-corrected chi connectivity index (χ0v) is 12.9. The number of thiophene rings is 1. The third-order valence-electron chi connectivity index (χ3n) is 4.21. The van der Waals surface area contributed by atoms with Gasteiger partial charge in [0, 0.05) is 24.2 Å². The SMILES string of the molecule is CC[C@H]1c2ccsc2CCN1C(=O)c1cnn(C)c1C. The van der Waals surface area contributed by atoms with Crippen LogP contribution in [-0.2, 0) is 13.5 Å². The Balaban J connectivity index is 1.94. The first kappa shape index (κ1) is 13.4. The summed E-state index contributed by atoms with van der Waals surface area (Å²) >= 11 is 1.81. The van der Waals surface area contributed by atoms with E-state index in [1.807, 2.05) is 18.9 Å². The van der Waals surface area contributed by atoms with Gasteiger partial charge in [-0.05, 0) is 36.8 Å². The quantitative estimate of drug-likeness (QED) is 0.852. The van der Waals surface area contributed by atoms with Gasteiger partial charge < -0.3 is 4.90 Å². The zero-order valence-electron chi connectivity index (χ0n) is 12.1. The molecule has 1 amide bonds. The maximum atomic E-state index is 12.8. The average Bonchev–Trinajstić information content (AvgIpc) is 3.05. The van der Waals surface area contributed by atoms with Gasteiger partial charge in [0.05, 0.1) is 17.8 Å². The van der Waals surface area contributed by atoms with Crippen molar-refractivity contribution in [2.24, 2.45) is 7.05 Å². The lowest BCUT2D eigenvalue weighted by molar-refractivity contribution is 0.0656. The minimum absolute atomic E-state index is 0.110. The predicted octanol–water partition coefficient (Wildman–Crippen LogP) is 2.94. The third-order valence-corrected chi connectivity index (χ3v) is 5.20. The lowest BCUT2D eigenvalue weighted by atomic mass is 9.97. The summed E-state index contributed by atoms with van der Waals surface area (Å²) < 4.78 is 1.76. The molecule has 2 aromatic heterocycles. The van der Waals surface area contributed by atoms with Crippen molar-refractivity contribution in [2.75, 3.05) is 6.54 Å². The van der Waals surface area contributed by atoms with Gasteiger partial charge in [0.1, 0.15) is 0 Å². The van der Waals surface area contributed by atoms with Crippen molar-refractivity contribution in [3.8, 4) is 0 Å². The molecule has 0 unspecified atom stereocenters. The Morgan fingerprint density at radius 1 is 1.55 bits per heavy atom. The van der Waals surface area contributed by atoms with Crippen LogP contribution in [0.15, 0.2) is 17.6 Å². The fraction of sp³-hybridized carbons (Fsp3) is 0.467. The van der Waals surface area contributed by atoms with Crippen molar-refractivity contribution >= 4 is 17.2 Å². The normalized spacial score (nSPS) is 18.1. The zero-order chi connectivity index (χ0) is 14.3. The van der Waals surface area contributed by atoms with E-state index < -0.39 is 0 Å². The minimum atomic E-state index is 0.110. The summed E-state index contributed by atoms with van der Waals surface area (Å²) in [4.78, 5) is 16.3. The molecule has 0 saturated carbocycles. The molecule has 0 aliphatic carbocycles. The molecule has 5 heteroatoms. The van der Waals surface area contributed by atoms with Gasteiger partial charge in [-0.1, -0.05) is 6.92 Å². The second-order valence-electron chi connectivity index (χ2n) is 5.24. The maximum absolute atomic E-state index is 12.8. The number of aromatic nitrogens is 2. The van der Waals surface area contributed by atoms with E-state index in [9.17, 15) is 4.79 Å². The number of carbonyl (C=O) groups excluding carboxylic acids is 1. The molecule has 106 valence electrons. The van der Waals surface area contributed by atoms with Crippen molar-refractivity contribution in [3.63, 3.8) is 0 Å². The van der Waals surface area contributed by atoms with E-state index in [4.69, 9.17) is 0 Å². The first-order chi connectivity index (χ1) is 9.63. The minimum Gasteiger partial charge on any atom is -0.331 e. The largest absolute Gasteiger partial charge is 0.331 e. The molecular formula is C15H19N3OS. The molecule has 3 rings (SSSR count). The third kappa shape index (κ3) is 1.97. The molecule has 1 aliphatic rings. The van der Waals surface area contributed by atoms with Gasteiger partial charge in [0.15, 0.2) is 0 Å². The van der Waals surface area contributed by atoms with E-state index in [0.717, 1.165) is 30.6 Å². The maximum Gasteiger partial charge on any atom is 0.257 e. The van der Waals surface area contributed by atoms with E-state index in [-0.39, 0.29) is 11.9 Å². The molecule has 0 radical (unpaired) electrons. The van der Waals surface area contributed by atoms with Gasteiger partial charge in [-0.15, -0.1) is 11.3 Å². The van der Waals surface area contributed by atoms with Crippen LogP contribution >= 0.6 is 11.3 Å². The molecule has 0 saturated heterocycles. The van der Waals surface area contributed by atoms with Crippen LogP contribution in [0.3, 0.4) is 0 Å².